The molecule has 32 heavy (non-hydrogen) atoms. The highest BCUT2D eigenvalue weighted by molar-refractivity contribution is 5.90. The average Bonchev–Trinajstić information content (AvgIpc) is 2.84. The van der Waals surface area contributed by atoms with E-state index < -0.39 is 6.29 Å². The minimum Gasteiger partial charge on any atom is -0.454 e. The van der Waals surface area contributed by atoms with E-state index in [1.54, 1.807) is 0 Å². The number of rotatable bonds is 7. The Hall–Kier alpha value is -2.81. The standard InChI is InChI=1S/C29H34O3/c1-4-21(2)22-15-17-24(18-16-22)27(30)32-28(29(3)19-8-5-9-20-29)31-26-14-10-12-23-11-6-7-13-25(23)26/h6-7,10-18,21,28H,4-5,8-9,19-20H2,1-3H3. The zero-order chi connectivity index (χ0) is 22.6. The van der Waals surface area contributed by atoms with Crippen LogP contribution in [0.15, 0.2) is 66.7 Å². The quantitative estimate of drug-likeness (QED) is 0.282. The van der Waals surface area contributed by atoms with Crippen molar-refractivity contribution < 1.29 is 14.3 Å². The molecule has 0 aliphatic heterocycles. The van der Waals surface area contributed by atoms with E-state index in [9.17, 15) is 4.79 Å². The van der Waals surface area contributed by atoms with Crippen LogP contribution in [0.5, 0.6) is 5.75 Å². The van der Waals surface area contributed by atoms with Crippen molar-refractivity contribution in [2.24, 2.45) is 5.41 Å². The first kappa shape index (κ1) is 22.4. The molecule has 2 unspecified atom stereocenters. The van der Waals surface area contributed by atoms with Gasteiger partial charge < -0.3 is 9.47 Å². The first-order valence-electron chi connectivity index (χ1n) is 12.0. The smallest absolute Gasteiger partial charge is 0.341 e. The Labute approximate surface area is 191 Å². The summed E-state index contributed by atoms with van der Waals surface area (Å²) in [7, 11) is 0. The molecule has 1 aliphatic rings. The van der Waals surface area contributed by atoms with Crippen molar-refractivity contribution in [3.63, 3.8) is 0 Å². The normalized spacial score (nSPS) is 17.5. The van der Waals surface area contributed by atoms with E-state index in [2.05, 4.69) is 39.0 Å². The van der Waals surface area contributed by atoms with Gasteiger partial charge in [-0.15, -0.1) is 0 Å². The van der Waals surface area contributed by atoms with Crippen molar-refractivity contribution >= 4 is 16.7 Å². The molecule has 1 saturated carbocycles. The van der Waals surface area contributed by atoms with Crippen LogP contribution in [-0.4, -0.2) is 12.3 Å². The van der Waals surface area contributed by atoms with Crippen molar-refractivity contribution in [3.05, 3.63) is 77.9 Å². The molecule has 0 N–H and O–H groups in total. The Morgan fingerprint density at radius 1 is 0.938 bits per heavy atom. The molecule has 0 amide bonds. The number of hydrogen-bond donors (Lipinski definition) is 0. The molecular formula is C29H34O3. The van der Waals surface area contributed by atoms with Gasteiger partial charge in [0.2, 0.25) is 6.29 Å². The highest BCUT2D eigenvalue weighted by Crippen LogP contribution is 2.42. The summed E-state index contributed by atoms with van der Waals surface area (Å²) < 4.78 is 12.6. The maximum Gasteiger partial charge on any atom is 0.341 e. The zero-order valence-corrected chi connectivity index (χ0v) is 19.5. The molecule has 0 heterocycles. The van der Waals surface area contributed by atoms with Gasteiger partial charge >= 0.3 is 5.97 Å². The monoisotopic (exact) mass is 430 g/mol. The number of carbonyl (C=O) groups is 1. The van der Waals surface area contributed by atoms with Gasteiger partial charge in [0, 0.05) is 10.8 Å². The second kappa shape index (κ2) is 9.77. The third kappa shape index (κ3) is 4.82. The lowest BCUT2D eigenvalue weighted by atomic mass is 9.75. The number of fused-ring (bicyclic) bond motifs is 1. The van der Waals surface area contributed by atoms with Crippen molar-refractivity contribution in [1.29, 1.82) is 0 Å². The minimum absolute atomic E-state index is 0.207. The Morgan fingerprint density at radius 3 is 2.34 bits per heavy atom. The van der Waals surface area contributed by atoms with Crippen LogP contribution in [0.4, 0.5) is 0 Å². The lowest BCUT2D eigenvalue weighted by Crippen LogP contribution is -2.42. The Kier molecular flexibility index (Phi) is 6.83. The summed E-state index contributed by atoms with van der Waals surface area (Å²) in [6.07, 6.45) is 5.91. The molecule has 1 fully saturated rings. The zero-order valence-electron chi connectivity index (χ0n) is 19.5. The van der Waals surface area contributed by atoms with E-state index in [-0.39, 0.29) is 11.4 Å². The topological polar surface area (TPSA) is 35.5 Å². The first-order chi connectivity index (χ1) is 15.5. The van der Waals surface area contributed by atoms with Gasteiger partial charge in [-0.3, -0.25) is 0 Å². The Balaban J connectivity index is 1.60. The Bertz CT molecular complexity index is 1040. The molecule has 1 aliphatic carbocycles. The molecule has 0 spiro atoms. The summed E-state index contributed by atoms with van der Waals surface area (Å²) >= 11 is 0. The van der Waals surface area contributed by atoms with Gasteiger partial charge in [-0.25, -0.2) is 4.79 Å². The second-order valence-electron chi connectivity index (χ2n) is 9.48. The van der Waals surface area contributed by atoms with Crippen molar-refractivity contribution in [1.82, 2.24) is 0 Å². The van der Waals surface area contributed by atoms with Crippen molar-refractivity contribution in [3.8, 4) is 5.75 Å². The van der Waals surface area contributed by atoms with E-state index >= 15 is 0 Å². The molecule has 0 saturated heterocycles. The molecule has 0 bridgehead atoms. The number of carbonyl (C=O) groups excluding carboxylic acids is 1. The van der Waals surface area contributed by atoms with E-state index in [0.717, 1.165) is 48.6 Å². The van der Waals surface area contributed by atoms with Crippen LogP contribution in [0.1, 0.15) is 81.1 Å². The predicted molar refractivity (Wildman–Crippen MR) is 130 cm³/mol. The highest BCUT2D eigenvalue weighted by atomic mass is 16.7. The molecular weight excluding hydrogens is 396 g/mol. The third-order valence-electron chi connectivity index (χ3n) is 7.09. The van der Waals surface area contributed by atoms with E-state index in [4.69, 9.17) is 9.47 Å². The van der Waals surface area contributed by atoms with Gasteiger partial charge in [0.25, 0.3) is 0 Å². The molecule has 3 nitrogen and oxygen atoms in total. The van der Waals surface area contributed by atoms with E-state index in [1.165, 1.54) is 12.0 Å². The maximum atomic E-state index is 13.1. The molecule has 3 heteroatoms. The van der Waals surface area contributed by atoms with Gasteiger partial charge in [-0.1, -0.05) is 88.6 Å². The number of esters is 1. The molecule has 3 aromatic carbocycles. The number of ether oxygens (including phenoxy) is 2. The fourth-order valence-electron chi connectivity index (χ4n) is 4.67. The third-order valence-corrected chi connectivity index (χ3v) is 7.09. The van der Waals surface area contributed by atoms with Crippen LogP contribution < -0.4 is 4.74 Å². The number of hydrogen-bond acceptors (Lipinski definition) is 3. The van der Waals surface area contributed by atoms with E-state index in [1.807, 2.05) is 48.5 Å². The lowest BCUT2D eigenvalue weighted by Gasteiger charge is -2.39. The molecule has 3 aromatic rings. The van der Waals surface area contributed by atoms with E-state index in [0.29, 0.717) is 11.5 Å². The Morgan fingerprint density at radius 2 is 1.62 bits per heavy atom. The van der Waals surface area contributed by atoms with Crippen LogP contribution in [0.25, 0.3) is 10.8 Å². The summed E-state index contributed by atoms with van der Waals surface area (Å²) in [5, 5.41) is 2.15. The van der Waals surface area contributed by atoms with Crippen molar-refractivity contribution in [2.75, 3.05) is 0 Å². The highest BCUT2D eigenvalue weighted by Gasteiger charge is 2.40. The van der Waals surface area contributed by atoms with Gasteiger partial charge in [0.1, 0.15) is 5.75 Å². The molecule has 0 radical (unpaired) electrons. The summed E-state index contributed by atoms with van der Waals surface area (Å²) in [5.74, 6) is 0.918. The van der Waals surface area contributed by atoms with Crippen LogP contribution in [-0.2, 0) is 4.74 Å². The first-order valence-corrected chi connectivity index (χ1v) is 12.0. The summed E-state index contributed by atoms with van der Waals surface area (Å²) in [6, 6.07) is 22.0. The molecule has 168 valence electrons. The molecule has 0 aromatic heterocycles. The van der Waals surface area contributed by atoms with Crippen LogP contribution in [0.2, 0.25) is 0 Å². The molecule has 2 atom stereocenters. The van der Waals surface area contributed by atoms with Gasteiger partial charge in [0.15, 0.2) is 0 Å². The van der Waals surface area contributed by atoms with Gasteiger partial charge in [0.05, 0.1) is 5.56 Å². The summed E-state index contributed by atoms with van der Waals surface area (Å²) in [4.78, 5) is 13.1. The van der Waals surface area contributed by atoms with Crippen LogP contribution in [0.3, 0.4) is 0 Å². The van der Waals surface area contributed by atoms with Gasteiger partial charge in [-0.05, 0) is 54.3 Å². The SMILES string of the molecule is CCC(C)c1ccc(C(=O)OC(Oc2cccc3ccccc23)C2(C)CCCCC2)cc1. The average molecular weight is 431 g/mol. The maximum absolute atomic E-state index is 13.1. The van der Waals surface area contributed by atoms with Crippen molar-refractivity contribution in [2.45, 2.75) is 71.5 Å². The molecule has 4 rings (SSSR count). The predicted octanol–water partition coefficient (Wildman–Crippen LogP) is 7.89. The van der Waals surface area contributed by atoms with Crippen LogP contribution >= 0.6 is 0 Å². The second-order valence-corrected chi connectivity index (χ2v) is 9.48. The van der Waals surface area contributed by atoms with Crippen LogP contribution in [0, 0.1) is 5.41 Å². The summed E-state index contributed by atoms with van der Waals surface area (Å²) in [5.41, 5.74) is 1.61. The number of benzene rings is 3. The fourth-order valence-corrected chi connectivity index (χ4v) is 4.67. The fraction of sp³-hybridized carbons (Fsp3) is 0.414. The summed E-state index contributed by atoms with van der Waals surface area (Å²) in [6.45, 7) is 6.57. The largest absolute Gasteiger partial charge is 0.454 e. The minimum atomic E-state index is -0.629. The van der Waals surface area contributed by atoms with Gasteiger partial charge in [-0.2, -0.15) is 0 Å². The lowest BCUT2D eigenvalue weighted by molar-refractivity contribution is -0.129.